The summed E-state index contributed by atoms with van der Waals surface area (Å²) in [5.41, 5.74) is 2.68. The molecule has 2 heterocycles. The Balaban J connectivity index is 2.27. The smallest absolute Gasteiger partial charge is 0.174 e. The quantitative estimate of drug-likeness (QED) is 0.885. The van der Waals surface area contributed by atoms with Gasteiger partial charge < -0.3 is 9.52 Å². The first-order valence-electron chi connectivity index (χ1n) is 5.67. The van der Waals surface area contributed by atoms with Crippen LogP contribution in [0.25, 0.3) is 0 Å². The van der Waals surface area contributed by atoms with Crippen molar-refractivity contribution in [3.05, 3.63) is 38.4 Å². The highest BCUT2D eigenvalue weighted by Crippen LogP contribution is 2.30. The summed E-state index contributed by atoms with van der Waals surface area (Å²) in [6.07, 6.45) is 1.43. The van der Waals surface area contributed by atoms with Crippen molar-refractivity contribution < 1.29 is 9.52 Å². The Morgan fingerprint density at radius 1 is 1.50 bits per heavy atom. The minimum absolute atomic E-state index is 0.493. The molecule has 0 fully saturated rings. The Morgan fingerprint density at radius 2 is 2.22 bits per heavy atom. The first kappa shape index (κ1) is 13.8. The summed E-state index contributed by atoms with van der Waals surface area (Å²) in [6.45, 7) is 4.75. The third-order valence-electron chi connectivity index (χ3n) is 2.84. The molecule has 0 aliphatic heterocycles. The van der Waals surface area contributed by atoms with Gasteiger partial charge in [-0.1, -0.05) is 0 Å². The van der Waals surface area contributed by atoms with E-state index in [2.05, 4.69) is 37.0 Å². The highest BCUT2D eigenvalue weighted by atomic mass is 79.9. The third kappa shape index (κ3) is 2.55. The maximum atomic E-state index is 10.2. The van der Waals surface area contributed by atoms with E-state index in [1.54, 1.807) is 12.3 Å². The van der Waals surface area contributed by atoms with E-state index in [9.17, 15) is 5.11 Å². The number of nitrogens with zero attached hydrogens (tertiary/aromatic N) is 2. The van der Waals surface area contributed by atoms with E-state index in [0.717, 1.165) is 28.0 Å². The molecule has 1 atom stereocenters. The van der Waals surface area contributed by atoms with Crippen molar-refractivity contribution >= 4 is 31.9 Å². The molecule has 2 aromatic heterocycles. The molecule has 0 aliphatic carbocycles. The van der Waals surface area contributed by atoms with Crippen molar-refractivity contribution in [1.29, 1.82) is 0 Å². The molecule has 98 valence electrons. The lowest BCUT2D eigenvalue weighted by molar-refractivity contribution is 0.173. The third-order valence-corrected chi connectivity index (χ3v) is 4.52. The molecule has 0 bridgehead atoms. The Hall–Kier alpha value is -0.590. The molecule has 0 aromatic carbocycles. The molecule has 1 N–H and O–H groups in total. The Labute approximate surface area is 122 Å². The summed E-state index contributed by atoms with van der Waals surface area (Å²) >= 11 is 6.80. The fourth-order valence-corrected chi connectivity index (χ4v) is 2.85. The zero-order valence-electron chi connectivity index (χ0n) is 10.2. The Bertz CT molecular complexity index is 548. The molecule has 1 unspecified atom stereocenters. The van der Waals surface area contributed by atoms with E-state index in [1.165, 1.54) is 0 Å². The number of rotatable bonds is 4. The van der Waals surface area contributed by atoms with E-state index < -0.39 is 6.10 Å². The van der Waals surface area contributed by atoms with Gasteiger partial charge in [0.2, 0.25) is 0 Å². The molecular weight excluding hydrogens is 364 g/mol. The lowest BCUT2D eigenvalue weighted by Gasteiger charge is -2.11. The van der Waals surface area contributed by atoms with E-state index in [0.29, 0.717) is 11.1 Å². The van der Waals surface area contributed by atoms with Crippen LogP contribution < -0.4 is 0 Å². The summed E-state index contributed by atoms with van der Waals surface area (Å²) in [5.74, 6) is 0. The summed E-state index contributed by atoms with van der Waals surface area (Å²) in [6, 6.07) is 1.77. The lowest BCUT2D eigenvalue weighted by Crippen LogP contribution is -2.08. The van der Waals surface area contributed by atoms with Crippen LogP contribution in [0, 0.1) is 6.92 Å². The van der Waals surface area contributed by atoms with Gasteiger partial charge in [0.25, 0.3) is 0 Å². The monoisotopic (exact) mass is 376 g/mol. The number of aliphatic hydroxyl groups excluding tert-OH is 1. The predicted molar refractivity (Wildman–Crippen MR) is 75.4 cm³/mol. The molecule has 0 radical (unpaired) electrons. The summed E-state index contributed by atoms with van der Waals surface area (Å²) in [4.78, 5) is 0. The molecule has 0 saturated heterocycles. The minimum atomic E-state index is -0.615. The Kier molecular flexibility index (Phi) is 4.29. The number of aryl methyl sites for hydroxylation is 2. The number of hydrogen-bond acceptors (Lipinski definition) is 3. The highest BCUT2D eigenvalue weighted by molar-refractivity contribution is 9.10. The molecule has 4 nitrogen and oxygen atoms in total. The maximum absolute atomic E-state index is 10.2. The van der Waals surface area contributed by atoms with Gasteiger partial charge in [-0.05, 0) is 51.8 Å². The zero-order chi connectivity index (χ0) is 13.3. The van der Waals surface area contributed by atoms with Crippen LogP contribution in [-0.2, 0) is 13.0 Å². The SMILES string of the molecule is CCn1nc(C)c(Br)c1CC(O)c1ccoc1Br. The van der Waals surface area contributed by atoms with E-state index in [1.807, 2.05) is 18.5 Å². The number of aromatic nitrogens is 2. The number of aliphatic hydroxyl groups is 1. The van der Waals surface area contributed by atoms with Crippen molar-refractivity contribution in [3.63, 3.8) is 0 Å². The van der Waals surface area contributed by atoms with Crippen LogP contribution in [0.4, 0.5) is 0 Å². The molecule has 2 rings (SSSR count). The van der Waals surface area contributed by atoms with Crippen LogP contribution in [0.1, 0.15) is 30.0 Å². The molecule has 6 heteroatoms. The second-order valence-electron chi connectivity index (χ2n) is 4.03. The van der Waals surface area contributed by atoms with Crippen molar-refractivity contribution in [2.24, 2.45) is 0 Å². The fourth-order valence-electron chi connectivity index (χ4n) is 1.90. The molecule has 18 heavy (non-hydrogen) atoms. The average Bonchev–Trinajstić information content (AvgIpc) is 2.87. The number of halogens is 2. The number of hydrogen-bond donors (Lipinski definition) is 1. The van der Waals surface area contributed by atoms with E-state index >= 15 is 0 Å². The zero-order valence-corrected chi connectivity index (χ0v) is 13.3. The summed E-state index contributed by atoms with van der Waals surface area (Å²) < 4.78 is 8.57. The van der Waals surface area contributed by atoms with Crippen molar-refractivity contribution in [2.75, 3.05) is 0 Å². The Morgan fingerprint density at radius 3 is 2.78 bits per heavy atom. The average molecular weight is 378 g/mol. The summed E-state index contributed by atoms with van der Waals surface area (Å²) in [7, 11) is 0. The van der Waals surface area contributed by atoms with E-state index in [4.69, 9.17) is 4.42 Å². The van der Waals surface area contributed by atoms with E-state index in [-0.39, 0.29) is 0 Å². The predicted octanol–water partition coefficient (Wildman–Crippen LogP) is 3.61. The standard InChI is InChI=1S/C12H14Br2N2O2/c1-3-16-9(11(13)7(2)15-16)6-10(17)8-4-5-18-12(8)14/h4-5,10,17H,3,6H2,1-2H3. The molecule has 0 spiro atoms. The van der Waals surface area contributed by atoms with Gasteiger partial charge in [0.15, 0.2) is 4.67 Å². The topological polar surface area (TPSA) is 51.2 Å². The van der Waals surface area contributed by atoms with Crippen LogP contribution >= 0.6 is 31.9 Å². The van der Waals surface area contributed by atoms with Gasteiger partial charge in [0.05, 0.1) is 28.2 Å². The normalized spacial score (nSPS) is 12.9. The highest BCUT2D eigenvalue weighted by Gasteiger charge is 2.20. The van der Waals surface area contributed by atoms with Gasteiger partial charge in [-0.3, -0.25) is 4.68 Å². The maximum Gasteiger partial charge on any atom is 0.174 e. The van der Waals surface area contributed by atoms with Gasteiger partial charge in [-0.15, -0.1) is 0 Å². The van der Waals surface area contributed by atoms with Crippen LogP contribution in [0.2, 0.25) is 0 Å². The number of furan rings is 1. The van der Waals surface area contributed by atoms with Gasteiger partial charge in [0.1, 0.15) is 0 Å². The largest absolute Gasteiger partial charge is 0.457 e. The van der Waals surface area contributed by atoms with Crippen LogP contribution in [-0.4, -0.2) is 14.9 Å². The van der Waals surface area contributed by atoms with Gasteiger partial charge in [-0.2, -0.15) is 5.10 Å². The van der Waals surface area contributed by atoms with Gasteiger partial charge in [0, 0.05) is 18.5 Å². The van der Waals surface area contributed by atoms with Gasteiger partial charge >= 0.3 is 0 Å². The molecule has 0 saturated carbocycles. The molecular formula is C12H14Br2N2O2. The molecule has 0 amide bonds. The minimum Gasteiger partial charge on any atom is -0.457 e. The first-order valence-corrected chi connectivity index (χ1v) is 7.26. The summed E-state index contributed by atoms with van der Waals surface area (Å²) in [5, 5.41) is 14.7. The van der Waals surface area contributed by atoms with Crippen LogP contribution in [0.15, 0.2) is 25.9 Å². The van der Waals surface area contributed by atoms with Crippen molar-refractivity contribution in [1.82, 2.24) is 9.78 Å². The fraction of sp³-hybridized carbons (Fsp3) is 0.417. The van der Waals surface area contributed by atoms with Crippen LogP contribution in [0.3, 0.4) is 0 Å². The lowest BCUT2D eigenvalue weighted by atomic mass is 10.1. The second kappa shape index (κ2) is 5.59. The van der Waals surface area contributed by atoms with Crippen LogP contribution in [0.5, 0.6) is 0 Å². The van der Waals surface area contributed by atoms with Gasteiger partial charge in [-0.25, -0.2) is 0 Å². The molecule has 0 aliphatic rings. The molecule has 2 aromatic rings. The first-order chi connectivity index (χ1) is 8.54. The van der Waals surface area contributed by atoms with Crippen molar-refractivity contribution in [3.8, 4) is 0 Å². The second-order valence-corrected chi connectivity index (χ2v) is 5.54. The van der Waals surface area contributed by atoms with Crippen molar-refractivity contribution in [2.45, 2.75) is 32.9 Å².